The van der Waals surface area contributed by atoms with Crippen LogP contribution in [0.5, 0.6) is 0 Å². The van der Waals surface area contributed by atoms with E-state index in [4.69, 9.17) is 23.1 Å². The van der Waals surface area contributed by atoms with Gasteiger partial charge in [-0.2, -0.15) is 0 Å². The molecule has 1 saturated carbocycles. The van der Waals surface area contributed by atoms with Gasteiger partial charge < -0.3 is 18.1 Å². The lowest BCUT2D eigenvalue weighted by atomic mass is 9.84. The Balaban J connectivity index is 2.74. The minimum absolute atomic E-state index is 0.165. The number of hydrogen-bond acceptors (Lipinski definition) is 7. The van der Waals surface area contributed by atoms with Crippen molar-refractivity contribution in [2.75, 3.05) is 0 Å². The van der Waals surface area contributed by atoms with Crippen LogP contribution >= 0.6 is 15.2 Å². The summed E-state index contributed by atoms with van der Waals surface area (Å²) in [5.74, 6) is 0.388. The van der Waals surface area contributed by atoms with Crippen LogP contribution in [0.4, 0.5) is 0 Å². The number of rotatable bonds is 13. The van der Waals surface area contributed by atoms with Crippen molar-refractivity contribution in [1.82, 2.24) is 4.98 Å². The summed E-state index contributed by atoms with van der Waals surface area (Å²) in [6.45, 7) is 20.8. The molecule has 0 amide bonds. The fraction of sp³-hybridized carbons (Fsp3) is 0.828. The van der Waals surface area contributed by atoms with Crippen LogP contribution in [0.1, 0.15) is 131 Å². The molecule has 1 aromatic heterocycles. The van der Waals surface area contributed by atoms with E-state index in [2.05, 4.69) is 26.8 Å². The van der Waals surface area contributed by atoms with Gasteiger partial charge in [-0.3, -0.25) is 14.1 Å². The first kappa shape index (κ1) is 33.7. The van der Waals surface area contributed by atoms with E-state index in [1.54, 1.807) is 55.4 Å². The van der Waals surface area contributed by atoms with E-state index in [9.17, 15) is 9.13 Å². The molecule has 0 aromatic carbocycles. The molecular weight excluding hydrogens is 520 g/mol. The Morgan fingerprint density at radius 2 is 1.18 bits per heavy atom. The van der Waals surface area contributed by atoms with Gasteiger partial charge in [0.2, 0.25) is 0 Å². The van der Waals surface area contributed by atoms with Crippen molar-refractivity contribution in [3.8, 4) is 0 Å². The van der Waals surface area contributed by atoms with Crippen molar-refractivity contribution >= 4 is 15.2 Å². The molecule has 1 aromatic rings. The zero-order chi connectivity index (χ0) is 28.9. The fourth-order valence-electron chi connectivity index (χ4n) is 4.83. The Bertz CT molecular complexity index is 914. The maximum atomic E-state index is 14.6. The van der Waals surface area contributed by atoms with Gasteiger partial charge in [0, 0.05) is 22.7 Å². The molecule has 0 spiro atoms. The Morgan fingerprint density at radius 1 is 0.763 bits per heavy atom. The van der Waals surface area contributed by atoms with Gasteiger partial charge in [-0.15, -0.1) is 0 Å². The zero-order valence-electron chi connectivity index (χ0n) is 25.7. The average molecular weight is 574 g/mol. The fourth-order valence-corrected chi connectivity index (χ4v) is 10.8. The molecule has 0 radical (unpaired) electrons. The van der Waals surface area contributed by atoms with Gasteiger partial charge in [0.1, 0.15) is 0 Å². The molecule has 38 heavy (non-hydrogen) atoms. The van der Waals surface area contributed by atoms with Crippen molar-refractivity contribution in [2.45, 2.75) is 156 Å². The highest BCUT2D eigenvalue weighted by Crippen LogP contribution is 2.72. The molecule has 1 aliphatic rings. The highest BCUT2D eigenvalue weighted by molar-refractivity contribution is 7.72. The van der Waals surface area contributed by atoms with Crippen LogP contribution in [0.3, 0.4) is 0 Å². The standard InChI is InChI=1S/C29H53NO6P2/c1-20(2)33-37(31,34-21(3)4)28(38(32,35-22(5)6)36-23(7)8)19-24-17-26(25-15-13-12-14-16-25)30-27(18-24)29(9,10)11/h17-18,20-23,25,28H,12-16,19H2,1-11H3. The van der Waals surface area contributed by atoms with E-state index in [1.165, 1.54) is 19.3 Å². The first-order valence-electron chi connectivity index (χ1n) is 14.4. The van der Waals surface area contributed by atoms with E-state index >= 15 is 0 Å². The van der Waals surface area contributed by atoms with Gasteiger partial charge in [0.05, 0.1) is 24.4 Å². The quantitative estimate of drug-likeness (QED) is 0.217. The smallest absolute Gasteiger partial charge is 0.305 e. The van der Waals surface area contributed by atoms with Gasteiger partial charge in [-0.25, -0.2) is 0 Å². The highest BCUT2D eigenvalue weighted by Gasteiger charge is 2.53. The first-order chi connectivity index (χ1) is 17.4. The lowest BCUT2D eigenvalue weighted by Gasteiger charge is -2.35. The van der Waals surface area contributed by atoms with Crippen molar-refractivity contribution in [3.63, 3.8) is 0 Å². The average Bonchev–Trinajstić information content (AvgIpc) is 2.74. The molecule has 220 valence electrons. The van der Waals surface area contributed by atoms with Crippen molar-refractivity contribution in [3.05, 3.63) is 29.1 Å². The molecule has 0 saturated heterocycles. The van der Waals surface area contributed by atoms with Gasteiger partial charge in [0.15, 0.2) is 5.40 Å². The molecule has 1 heterocycles. The van der Waals surface area contributed by atoms with Crippen molar-refractivity contribution < 1.29 is 27.2 Å². The van der Waals surface area contributed by atoms with Crippen LogP contribution in [0.2, 0.25) is 0 Å². The Hall–Kier alpha value is -0.550. The van der Waals surface area contributed by atoms with Crippen LogP contribution in [0.15, 0.2) is 12.1 Å². The largest absolute Gasteiger partial charge is 0.346 e. The molecule has 1 fully saturated rings. The minimum atomic E-state index is -3.98. The summed E-state index contributed by atoms with van der Waals surface area (Å²) in [5, 5.41) is -1.13. The SMILES string of the molecule is CC(C)OP(=O)(OC(C)C)C(Cc1cc(C2CCCCC2)nc(C(C)(C)C)c1)P(=O)(OC(C)C)OC(C)C. The Labute approximate surface area is 232 Å². The third-order valence-electron chi connectivity index (χ3n) is 6.28. The van der Waals surface area contributed by atoms with Crippen LogP contribution in [-0.2, 0) is 39.1 Å². The summed E-state index contributed by atoms with van der Waals surface area (Å²) in [5.41, 5.74) is 2.73. The predicted octanol–water partition coefficient (Wildman–Crippen LogP) is 9.38. The summed E-state index contributed by atoms with van der Waals surface area (Å²) in [6.07, 6.45) is 4.41. The van der Waals surface area contributed by atoms with E-state index in [1.807, 2.05) is 6.07 Å². The van der Waals surface area contributed by atoms with Gasteiger partial charge in [-0.05, 0) is 92.3 Å². The van der Waals surface area contributed by atoms with Gasteiger partial charge in [-0.1, -0.05) is 40.0 Å². The van der Waals surface area contributed by atoms with Crippen LogP contribution < -0.4 is 0 Å². The maximum Gasteiger partial charge on any atom is 0.346 e. The van der Waals surface area contributed by atoms with E-state index < -0.39 is 45.0 Å². The molecule has 0 bridgehead atoms. The van der Waals surface area contributed by atoms with Crippen molar-refractivity contribution in [2.24, 2.45) is 0 Å². The third-order valence-corrected chi connectivity index (χ3v) is 12.7. The minimum Gasteiger partial charge on any atom is -0.305 e. The third kappa shape index (κ3) is 9.82. The topological polar surface area (TPSA) is 84.0 Å². The predicted molar refractivity (Wildman–Crippen MR) is 156 cm³/mol. The second-order valence-corrected chi connectivity index (χ2v) is 17.4. The highest BCUT2D eigenvalue weighted by atomic mass is 31.2. The lowest BCUT2D eigenvalue weighted by molar-refractivity contribution is 0.122. The molecule has 0 unspecified atom stereocenters. The first-order valence-corrected chi connectivity index (χ1v) is 17.6. The van der Waals surface area contributed by atoms with Crippen molar-refractivity contribution in [1.29, 1.82) is 0 Å². The summed E-state index contributed by atoms with van der Waals surface area (Å²) in [4.78, 5) is 5.09. The molecular formula is C29H53NO6P2. The second kappa shape index (κ2) is 13.9. The van der Waals surface area contributed by atoms with E-state index in [-0.39, 0.29) is 11.8 Å². The number of nitrogens with zero attached hydrogens (tertiary/aromatic N) is 1. The van der Waals surface area contributed by atoms with Crippen LogP contribution in [-0.4, -0.2) is 34.8 Å². The molecule has 1 aliphatic carbocycles. The van der Waals surface area contributed by atoms with Gasteiger partial charge >= 0.3 is 15.2 Å². The Kier molecular flexibility index (Phi) is 12.3. The van der Waals surface area contributed by atoms with E-state index in [0.717, 1.165) is 29.8 Å². The second-order valence-electron chi connectivity index (χ2n) is 12.8. The normalized spacial score (nSPS) is 16.5. The Morgan fingerprint density at radius 3 is 1.55 bits per heavy atom. The maximum absolute atomic E-state index is 14.6. The van der Waals surface area contributed by atoms with Gasteiger partial charge in [0.25, 0.3) is 0 Å². The molecule has 2 rings (SSSR count). The summed E-state index contributed by atoms with van der Waals surface area (Å²) in [6, 6.07) is 4.14. The summed E-state index contributed by atoms with van der Waals surface area (Å²) >= 11 is 0. The zero-order valence-corrected chi connectivity index (χ0v) is 27.4. The molecule has 0 N–H and O–H groups in total. The lowest BCUT2D eigenvalue weighted by Crippen LogP contribution is -2.26. The van der Waals surface area contributed by atoms with Crippen LogP contribution in [0.25, 0.3) is 0 Å². The number of hydrogen-bond donors (Lipinski definition) is 0. The molecule has 0 atom stereocenters. The summed E-state index contributed by atoms with van der Waals surface area (Å²) in [7, 11) is -7.96. The summed E-state index contributed by atoms with van der Waals surface area (Å²) < 4.78 is 53.3. The van der Waals surface area contributed by atoms with Crippen LogP contribution in [0, 0.1) is 0 Å². The number of pyridine rings is 1. The monoisotopic (exact) mass is 573 g/mol. The van der Waals surface area contributed by atoms with E-state index in [0.29, 0.717) is 5.92 Å². The molecule has 9 heteroatoms. The molecule has 0 aliphatic heterocycles. The molecule has 7 nitrogen and oxygen atoms in total. The number of aromatic nitrogens is 1.